The minimum absolute atomic E-state index is 0.0447. The van der Waals surface area contributed by atoms with Crippen molar-refractivity contribution in [3.8, 4) is 11.3 Å². The van der Waals surface area contributed by atoms with Gasteiger partial charge in [-0.25, -0.2) is 4.98 Å². The van der Waals surface area contributed by atoms with Crippen molar-refractivity contribution in [3.05, 3.63) is 59.1 Å². The van der Waals surface area contributed by atoms with E-state index in [1.54, 1.807) is 0 Å². The largest absolute Gasteiger partial charge is 0.326 e. The Morgan fingerprint density at radius 2 is 1.95 bits per heavy atom. The fourth-order valence-corrected chi connectivity index (χ4v) is 2.83. The van der Waals surface area contributed by atoms with Crippen molar-refractivity contribution in [2.45, 2.75) is 6.42 Å². The molecule has 1 aliphatic rings. The molecule has 0 fully saturated rings. The lowest BCUT2D eigenvalue weighted by atomic mass is 10.0. The van der Waals surface area contributed by atoms with E-state index in [4.69, 9.17) is 11.6 Å². The fraction of sp³-hybridized carbons (Fsp3) is 0.0588. The molecule has 0 radical (unpaired) electrons. The molecule has 0 saturated heterocycles. The average molecular weight is 295 g/mol. The first-order valence-corrected chi connectivity index (χ1v) is 7.06. The summed E-state index contributed by atoms with van der Waals surface area (Å²) >= 11 is 5.99. The van der Waals surface area contributed by atoms with Gasteiger partial charge in [-0.2, -0.15) is 0 Å². The predicted molar refractivity (Wildman–Crippen MR) is 84.5 cm³/mol. The van der Waals surface area contributed by atoms with Crippen LogP contribution in [0.2, 0.25) is 5.02 Å². The standard InChI is InChI=1S/C17H11ClN2O/c18-13-3-6-15-11(8-13)2-4-14(19-15)10-1-5-16-12(7-10)9-17(21)20-16/h1-8H,9H2,(H,20,21). The maximum absolute atomic E-state index is 11.4. The van der Waals surface area contributed by atoms with Gasteiger partial charge in [-0.05, 0) is 42.0 Å². The van der Waals surface area contributed by atoms with Crippen LogP contribution in [0.25, 0.3) is 22.2 Å². The van der Waals surface area contributed by atoms with E-state index in [9.17, 15) is 4.79 Å². The highest BCUT2D eigenvalue weighted by Gasteiger charge is 2.17. The zero-order valence-electron chi connectivity index (χ0n) is 11.1. The molecule has 4 heteroatoms. The molecule has 1 N–H and O–H groups in total. The third-order valence-corrected chi connectivity index (χ3v) is 3.91. The molecule has 0 atom stereocenters. The second-order valence-electron chi connectivity index (χ2n) is 5.13. The summed E-state index contributed by atoms with van der Waals surface area (Å²) in [7, 11) is 0. The van der Waals surface area contributed by atoms with Gasteiger partial charge < -0.3 is 5.32 Å². The third kappa shape index (κ3) is 2.16. The molecule has 0 unspecified atom stereocenters. The van der Waals surface area contributed by atoms with Gasteiger partial charge in [-0.15, -0.1) is 0 Å². The number of aromatic nitrogens is 1. The van der Waals surface area contributed by atoms with Crippen LogP contribution >= 0.6 is 11.6 Å². The van der Waals surface area contributed by atoms with E-state index in [0.29, 0.717) is 11.4 Å². The minimum atomic E-state index is 0.0447. The van der Waals surface area contributed by atoms with Gasteiger partial charge in [0.2, 0.25) is 5.91 Å². The third-order valence-electron chi connectivity index (χ3n) is 3.68. The van der Waals surface area contributed by atoms with E-state index in [2.05, 4.69) is 10.3 Å². The molecular weight excluding hydrogens is 284 g/mol. The van der Waals surface area contributed by atoms with E-state index >= 15 is 0 Å². The van der Waals surface area contributed by atoms with Gasteiger partial charge in [-0.3, -0.25) is 4.79 Å². The number of carbonyl (C=O) groups excluding carboxylic acids is 1. The van der Waals surface area contributed by atoms with Crippen molar-refractivity contribution in [1.29, 1.82) is 0 Å². The number of benzene rings is 2. The molecule has 1 amide bonds. The average Bonchev–Trinajstić information content (AvgIpc) is 2.85. The second kappa shape index (κ2) is 4.57. The lowest BCUT2D eigenvalue weighted by Crippen LogP contribution is -2.03. The van der Waals surface area contributed by atoms with Crippen molar-refractivity contribution in [3.63, 3.8) is 0 Å². The highest BCUT2D eigenvalue weighted by atomic mass is 35.5. The first kappa shape index (κ1) is 12.4. The zero-order chi connectivity index (χ0) is 14.4. The Balaban J connectivity index is 1.82. The molecule has 1 aliphatic heterocycles. The van der Waals surface area contributed by atoms with Crippen LogP contribution in [0.4, 0.5) is 5.69 Å². The first-order chi connectivity index (χ1) is 10.2. The Labute approximate surface area is 126 Å². The number of fused-ring (bicyclic) bond motifs is 2. The number of rotatable bonds is 1. The highest BCUT2D eigenvalue weighted by Crippen LogP contribution is 2.29. The Morgan fingerprint density at radius 3 is 2.86 bits per heavy atom. The minimum Gasteiger partial charge on any atom is -0.326 e. The van der Waals surface area contributed by atoms with Crippen LogP contribution < -0.4 is 5.32 Å². The summed E-state index contributed by atoms with van der Waals surface area (Å²) in [5, 5.41) is 4.56. The van der Waals surface area contributed by atoms with Crippen molar-refractivity contribution in [1.82, 2.24) is 4.98 Å². The quantitative estimate of drug-likeness (QED) is 0.735. The lowest BCUT2D eigenvalue weighted by Gasteiger charge is -2.06. The Hall–Kier alpha value is -2.39. The number of amides is 1. The summed E-state index contributed by atoms with van der Waals surface area (Å²) in [5.74, 6) is 0.0447. The van der Waals surface area contributed by atoms with Crippen LogP contribution in [0.3, 0.4) is 0 Å². The molecule has 21 heavy (non-hydrogen) atoms. The van der Waals surface area contributed by atoms with Crippen LogP contribution in [0.5, 0.6) is 0 Å². The monoisotopic (exact) mass is 294 g/mol. The molecule has 3 aromatic rings. The summed E-state index contributed by atoms with van der Waals surface area (Å²) in [6.07, 6.45) is 0.437. The van der Waals surface area contributed by atoms with E-state index in [1.165, 1.54) is 0 Å². The zero-order valence-corrected chi connectivity index (χ0v) is 11.8. The predicted octanol–water partition coefficient (Wildman–Crippen LogP) is 4.05. The fourth-order valence-electron chi connectivity index (χ4n) is 2.65. The van der Waals surface area contributed by atoms with Gasteiger partial charge in [0.05, 0.1) is 17.6 Å². The molecule has 4 rings (SSSR count). The van der Waals surface area contributed by atoms with Crippen LogP contribution in [0.15, 0.2) is 48.5 Å². The SMILES string of the molecule is O=C1Cc2cc(-c3ccc4cc(Cl)ccc4n3)ccc2N1. The summed E-state index contributed by atoms with van der Waals surface area (Å²) in [4.78, 5) is 16.1. The number of carbonyl (C=O) groups is 1. The number of hydrogen-bond acceptors (Lipinski definition) is 2. The topological polar surface area (TPSA) is 42.0 Å². The number of nitrogens with zero attached hydrogens (tertiary/aromatic N) is 1. The van der Waals surface area contributed by atoms with Gasteiger partial charge in [0.25, 0.3) is 0 Å². The molecule has 0 bridgehead atoms. The van der Waals surface area contributed by atoms with Crippen LogP contribution in [0, 0.1) is 0 Å². The van der Waals surface area contributed by atoms with Gasteiger partial charge >= 0.3 is 0 Å². The van der Waals surface area contributed by atoms with Crippen molar-refractivity contribution < 1.29 is 4.79 Å². The summed E-state index contributed by atoms with van der Waals surface area (Å²) in [6, 6.07) is 15.6. The Bertz CT molecular complexity index is 889. The van der Waals surface area contributed by atoms with E-state index in [0.717, 1.165) is 33.4 Å². The molecule has 1 aromatic heterocycles. The lowest BCUT2D eigenvalue weighted by molar-refractivity contribution is -0.115. The molecule has 0 spiro atoms. The van der Waals surface area contributed by atoms with E-state index in [1.807, 2.05) is 48.5 Å². The number of pyridine rings is 1. The summed E-state index contributed by atoms with van der Waals surface area (Å²) in [6.45, 7) is 0. The summed E-state index contributed by atoms with van der Waals surface area (Å²) in [5.41, 5.74) is 4.74. The number of anilines is 1. The smallest absolute Gasteiger partial charge is 0.228 e. The maximum Gasteiger partial charge on any atom is 0.228 e. The van der Waals surface area contributed by atoms with Gasteiger partial charge in [-0.1, -0.05) is 23.7 Å². The number of hydrogen-bond donors (Lipinski definition) is 1. The van der Waals surface area contributed by atoms with Crippen molar-refractivity contribution >= 4 is 34.1 Å². The Morgan fingerprint density at radius 1 is 1.05 bits per heavy atom. The van der Waals surface area contributed by atoms with Crippen LogP contribution in [-0.4, -0.2) is 10.9 Å². The van der Waals surface area contributed by atoms with E-state index in [-0.39, 0.29) is 5.91 Å². The maximum atomic E-state index is 11.4. The molecule has 2 aromatic carbocycles. The molecule has 0 saturated carbocycles. The first-order valence-electron chi connectivity index (χ1n) is 6.68. The van der Waals surface area contributed by atoms with Crippen molar-refractivity contribution in [2.75, 3.05) is 5.32 Å². The van der Waals surface area contributed by atoms with Crippen molar-refractivity contribution in [2.24, 2.45) is 0 Å². The molecule has 0 aliphatic carbocycles. The Kier molecular flexibility index (Phi) is 2.69. The van der Waals surface area contributed by atoms with E-state index < -0.39 is 0 Å². The van der Waals surface area contributed by atoms with Crippen LogP contribution in [-0.2, 0) is 11.2 Å². The van der Waals surface area contributed by atoms with Gasteiger partial charge in [0, 0.05) is 21.7 Å². The number of nitrogens with one attached hydrogen (secondary N) is 1. The molecular formula is C17H11ClN2O. The van der Waals surface area contributed by atoms with Crippen LogP contribution in [0.1, 0.15) is 5.56 Å². The second-order valence-corrected chi connectivity index (χ2v) is 5.57. The highest BCUT2D eigenvalue weighted by molar-refractivity contribution is 6.31. The normalized spacial score (nSPS) is 13.3. The molecule has 2 heterocycles. The number of halogens is 1. The van der Waals surface area contributed by atoms with Gasteiger partial charge in [0.1, 0.15) is 0 Å². The molecule has 3 nitrogen and oxygen atoms in total. The van der Waals surface area contributed by atoms with Gasteiger partial charge in [0.15, 0.2) is 0 Å². The summed E-state index contributed by atoms with van der Waals surface area (Å²) < 4.78 is 0. The molecule has 102 valence electrons.